The van der Waals surface area contributed by atoms with Crippen LogP contribution < -0.4 is 5.56 Å². The minimum atomic E-state index is -0.240. The van der Waals surface area contributed by atoms with Gasteiger partial charge in [-0.1, -0.05) is 0 Å². The summed E-state index contributed by atoms with van der Waals surface area (Å²) in [5.41, 5.74) is 3.10. The molecular formula is C10H10N2OS. The Morgan fingerprint density at radius 1 is 1.50 bits per heavy atom. The van der Waals surface area contributed by atoms with Crippen molar-refractivity contribution < 1.29 is 0 Å². The summed E-state index contributed by atoms with van der Waals surface area (Å²) in [7, 11) is 0. The zero-order valence-corrected chi connectivity index (χ0v) is 8.70. The van der Waals surface area contributed by atoms with Crippen LogP contribution in [0, 0.1) is 18.3 Å². The fourth-order valence-corrected chi connectivity index (χ4v) is 2.85. The molecule has 1 N–H and O–H groups in total. The molecule has 72 valence electrons. The van der Waals surface area contributed by atoms with Gasteiger partial charge in [-0.3, -0.25) is 4.79 Å². The number of hydrogen-bond donors (Lipinski definition) is 1. The van der Waals surface area contributed by atoms with Gasteiger partial charge in [0.1, 0.15) is 11.6 Å². The number of thioether (sulfide) groups is 1. The molecule has 1 aliphatic heterocycles. The smallest absolute Gasteiger partial charge is 0.266 e. The van der Waals surface area contributed by atoms with Gasteiger partial charge in [-0.05, 0) is 30.2 Å². The zero-order chi connectivity index (χ0) is 10.1. The summed E-state index contributed by atoms with van der Waals surface area (Å²) in [5.74, 6) is 1.91. The Morgan fingerprint density at radius 3 is 3.00 bits per heavy atom. The molecule has 0 aliphatic carbocycles. The van der Waals surface area contributed by atoms with Crippen LogP contribution in [0.25, 0.3) is 0 Å². The lowest BCUT2D eigenvalue weighted by Crippen LogP contribution is -2.20. The molecule has 2 heterocycles. The number of fused-ring (bicyclic) bond motifs is 1. The molecule has 14 heavy (non-hydrogen) atoms. The molecule has 4 heteroatoms. The van der Waals surface area contributed by atoms with Gasteiger partial charge in [0, 0.05) is 11.4 Å². The Kier molecular flexibility index (Phi) is 2.34. The van der Waals surface area contributed by atoms with Gasteiger partial charge in [0.15, 0.2) is 0 Å². The van der Waals surface area contributed by atoms with Crippen LogP contribution in [0.15, 0.2) is 4.79 Å². The van der Waals surface area contributed by atoms with E-state index in [1.165, 1.54) is 0 Å². The van der Waals surface area contributed by atoms with Crippen molar-refractivity contribution in [3.63, 3.8) is 0 Å². The number of nitrogens with zero attached hydrogens (tertiary/aromatic N) is 1. The lowest BCUT2D eigenvalue weighted by molar-refractivity contribution is 0.986. The molecule has 0 atom stereocenters. The largest absolute Gasteiger partial charge is 0.325 e. The van der Waals surface area contributed by atoms with Crippen molar-refractivity contribution in [1.29, 1.82) is 5.26 Å². The summed E-state index contributed by atoms with van der Waals surface area (Å²) < 4.78 is 0. The molecule has 1 aliphatic rings. The van der Waals surface area contributed by atoms with Gasteiger partial charge in [0.2, 0.25) is 0 Å². The SMILES string of the molecule is Cc1[nH]c(=O)c(C#N)c2c1CSCC2. The number of aryl methyl sites for hydroxylation is 1. The van der Waals surface area contributed by atoms with Gasteiger partial charge in [0.25, 0.3) is 5.56 Å². The Bertz CT molecular complexity index is 470. The first-order valence-electron chi connectivity index (χ1n) is 4.46. The molecule has 0 unspecified atom stereocenters. The van der Waals surface area contributed by atoms with E-state index >= 15 is 0 Å². The van der Waals surface area contributed by atoms with Gasteiger partial charge in [0.05, 0.1) is 0 Å². The van der Waals surface area contributed by atoms with E-state index in [4.69, 9.17) is 5.26 Å². The summed E-state index contributed by atoms with van der Waals surface area (Å²) in [6.45, 7) is 1.90. The number of H-pyrrole nitrogens is 1. The summed E-state index contributed by atoms with van der Waals surface area (Å²) in [6, 6.07) is 2.00. The number of hydrogen-bond acceptors (Lipinski definition) is 3. The quantitative estimate of drug-likeness (QED) is 0.697. The molecule has 0 bridgehead atoms. The number of pyridine rings is 1. The van der Waals surface area contributed by atoms with Crippen molar-refractivity contribution in [2.45, 2.75) is 19.1 Å². The van der Waals surface area contributed by atoms with Crippen LogP contribution >= 0.6 is 11.8 Å². The van der Waals surface area contributed by atoms with Crippen molar-refractivity contribution >= 4 is 11.8 Å². The highest BCUT2D eigenvalue weighted by Crippen LogP contribution is 2.26. The second kappa shape index (κ2) is 3.50. The van der Waals surface area contributed by atoms with Gasteiger partial charge in [-0.25, -0.2) is 0 Å². The molecule has 0 amide bonds. The number of nitrogens with one attached hydrogen (secondary N) is 1. The number of aromatic nitrogens is 1. The number of nitriles is 1. The van der Waals surface area contributed by atoms with Gasteiger partial charge in [-0.2, -0.15) is 17.0 Å². The molecule has 0 spiro atoms. The Balaban J connectivity index is 2.75. The fraction of sp³-hybridized carbons (Fsp3) is 0.400. The summed E-state index contributed by atoms with van der Waals surface area (Å²) in [6.07, 6.45) is 0.841. The third-order valence-electron chi connectivity index (χ3n) is 2.50. The maximum absolute atomic E-state index is 11.5. The Morgan fingerprint density at radius 2 is 2.29 bits per heavy atom. The first kappa shape index (κ1) is 9.35. The van der Waals surface area contributed by atoms with E-state index < -0.39 is 0 Å². The van der Waals surface area contributed by atoms with Crippen molar-refractivity contribution in [2.24, 2.45) is 0 Å². The van der Waals surface area contributed by atoms with E-state index in [1.54, 1.807) is 0 Å². The highest BCUT2D eigenvalue weighted by molar-refractivity contribution is 7.98. The van der Waals surface area contributed by atoms with E-state index in [2.05, 4.69) is 4.98 Å². The van der Waals surface area contributed by atoms with Gasteiger partial charge >= 0.3 is 0 Å². The normalized spacial score (nSPS) is 14.6. The monoisotopic (exact) mass is 206 g/mol. The second-order valence-electron chi connectivity index (χ2n) is 3.33. The van der Waals surface area contributed by atoms with E-state index in [0.29, 0.717) is 5.56 Å². The van der Waals surface area contributed by atoms with Gasteiger partial charge in [-0.15, -0.1) is 0 Å². The lowest BCUT2D eigenvalue weighted by Gasteiger charge is -2.17. The third kappa shape index (κ3) is 1.34. The van der Waals surface area contributed by atoms with Crippen molar-refractivity contribution in [1.82, 2.24) is 4.98 Å². The zero-order valence-electron chi connectivity index (χ0n) is 7.89. The summed E-state index contributed by atoms with van der Waals surface area (Å²) in [5, 5.41) is 8.89. The second-order valence-corrected chi connectivity index (χ2v) is 4.43. The Hall–Kier alpha value is -1.21. The van der Waals surface area contributed by atoms with Gasteiger partial charge < -0.3 is 4.98 Å². The molecule has 1 aromatic rings. The molecule has 0 saturated heterocycles. The maximum Gasteiger partial charge on any atom is 0.266 e. The highest BCUT2D eigenvalue weighted by atomic mass is 32.2. The van der Waals surface area contributed by atoms with Crippen molar-refractivity contribution in [2.75, 3.05) is 5.75 Å². The summed E-state index contributed by atoms with van der Waals surface area (Å²) >= 11 is 1.85. The first-order valence-corrected chi connectivity index (χ1v) is 5.62. The van der Waals surface area contributed by atoms with Crippen LogP contribution in [0.3, 0.4) is 0 Å². The predicted molar refractivity (Wildman–Crippen MR) is 56.4 cm³/mol. The van der Waals surface area contributed by atoms with Crippen LogP contribution in [0.4, 0.5) is 0 Å². The van der Waals surface area contributed by atoms with Crippen LogP contribution in [0.5, 0.6) is 0 Å². The minimum Gasteiger partial charge on any atom is -0.325 e. The topological polar surface area (TPSA) is 56.6 Å². The first-order chi connectivity index (χ1) is 6.74. The molecule has 0 radical (unpaired) electrons. The molecule has 3 nitrogen and oxygen atoms in total. The fourth-order valence-electron chi connectivity index (χ4n) is 1.76. The van der Waals surface area contributed by atoms with E-state index in [-0.39, 0.29) is 5.56 Å². The van der Waals surface area contributed by atoms with Crippen LogP contribution in [-0.2, 0) is 12.2 Å². The molecule has 0 saturated carbocycles. The molecular weight excluding hydrogens is 196 g/mol. The van der Waals surface area contributed by atoms with E-state index in [9.17, 15) is 4.79 Å². The van der Waals surface area contributed by atoms with Crippen LogP contribution in [0.1, 0.15) is 22.4 Å². The van der Waals surface area contributed by atoms with E-state index in [0.717, 1.165) is 34.7 Å². The average molecular weight is 206 g/mol. The van der Waals surface area contributed by atoms with E-state index in [1.807, 2.05) is 24.8 Å². The third-order valence-corrected chi connectivity index (χ3v) is 3.49. The highest BCUT2D eigenvalue weighted by Gasteiger charge is 2.18. The van der Waals surface area contributed by atoms with Crippen molar-refractivity contribution in [3.05, 3.63) is 32.7 Å². The number of rotatable bonds is 0. The average Bonchev–Trinajstić information content (AvgIpc) is 2.18. The number of aromatic amines is 1. The molecule has 0 fully saturated rings. The Labute approximate surface area is 86.1 Å². The molecule has 1 aromatic heterocycles. The molecule has 0 aromatic carbocycles. The molecule has 2 rings (SSSR count). The van der Waals surface area contributed by atoms with Crippen molar-refractivity contribution in [3.8, 4) is 6.07 Å². The predicted octanol–water partition coefficient (Wildman–Crippen LogP) is 1.34. The van der Waals surface area contributed by atoms with Crippen LogP contribution in [0.2, 0.25) is 0 Å². The maximum atomic E-state index is 11.5. The minimum absolute atomic E-state index is 0.240. The lowest BCUT2D eigenvalue weighted by atomic mass is 10.0. The summed E-state index contributed by atoms with van der Waals surface area (Å²) in [4.78, 5) is 14.2. The van der Waals surface area contributed by atoms with Crippen LogP contribution in [-0.4, -0.2) is 10.7 Å². The standard InChI is InChI=1S/C10H10N2OS/c1-6-9-5-14-3-2-7(9)8(4-11)10(13)12-6/h2-3,5H2,1H3,(H,12,13).